The lowest BCUT2D eigenvalue weighted by Gasteiger charge is -2.43. The zero-order valence-electron chi connectivity index (χ0n) is 23.2. The Hall–Kier alpha value is -3.35. The van der Waals surface area contributed by atoms with E-state index in [1.807, 2.05) is 60.7 Å². The minimum atomic E-state index is -0.882. The van der Waals surface area contributed by atoms with Gasteiger partial charge >= 0.3 is 6.09 Å². The maximum atomic E-state index is 14.4. The first kappa shape index (κ1) is 29.2. The summed E-state index contributed by atoms with van der Waals surface area (Å²) in [4.78, 5) is 42.6. The molecule has 0 radical (unpaired) electrons. The quantitative estimate of drug-likeness (QED) is 0.359. The van der Waals surface area contributed by atoms with Crippen LogP contribution in [-0.2, 0) is 20.7 Å². The highest BCUT2D eigenvalue weighted by molar-refractivity contribution is 5.92. The number of hydrogen-bond acceptors (Lipinski definition) is 4. The predicted octanol–water partition coefficient (Wildman–Crippen LogP) is 5.55. The van der Waals surface area contributed by atoms with E-state index in [2.05, 4.69) is 17.6 Å². The zero-order valence-corrected chi connectivity index (χ0v) is 23.2. The fraction of sp³-hybridized carbons (Fsp3) is 0.516. The first-order valence-corrected chi connectivity index (χ1v) is 13.9. The van der Waals surface area contributed by atoms with Gasteiger partial charge in [-0.3, -0.25) is 9.59 Å². The van der Waals surface area contributed by atoms with Crippen LogP contribution < -0.4 is 10.6 Å². The van der Waals surface area contributed by atoms with Crippen molar-refractivity contribution in [3.63, 3.8) is 0 Å². The van der Waals surface area contributed by atoms with Crippen LogP contribution in [0.5, 0.6) is 0 Å². The molecule has 1 fully saturated rings. The third-order valence-electron chi connectivity index (χ3n) is 6.72. The van der Waals surface area contributed by atoms with Crippen molar-refractivity contribution in [2.75, 3.05) is 6.54 Å². The number of benzene rings is 2. The number of nitrogens with zero attached hydrogens (tertiary/aromatic N) is 1. The van der Waals surface area contributed by atoms with Gasteiger partial charge in [0.15, 0.2) is 0 Å². The Morgan fingerprint density at radius 1 is 0.974 bits per heavy atom. The largest absolute Gasteiger partial charge is 0.444 e. The molecule has 0 aromatic heterocycles. The lowest BCUT2D eigenvalue weighted by Crippen LogP contribution is -2.58. The summed E-state index contributed by atoms with van der Waals surface area (Å²) in [6.45, 7) is 8.04. The van der Waals surface area contributed by atoms with Crippen LogP contribution in [0.3, 0.4) is 0 Å². The molecule has 1 aliphatic rings. The number of carbonyl (C=O) groups excluding carboxylic acids is 3. The van der Waals surface area contributed by atoms with E-state index in [1.54, 1.807) is 25.7 Å². The molecule has 2 aromatic rings. The minimum Gasteiger partial charge on any atom is -0.444 e. The Bertz CT molecular complexity index is 1030. The molecule has 7 heteroatoms. The number of ether oxygens (including phenoxy) is 1. The van der Waals surface area contributed by atoms with Crippen LogP contribution in [0.1, 0.15) is 83.4 Å². The Kier molecular flexibility index (Phi) is 10.7. The van der Waals surface area contributed by atoms with E-state index in [9.17, 15) is 14.4 Å². The van der Waals surface area contributed by atoms with Crippen LogP contribution in [0.4, 0.5) is 4.79 Å². The normalized spacial score (nSPS) is 15.1. The third-order valence-corrected chi connectivity index (χ3v) is 6.72. The summed E-state index contributed by atoms with van der Waals surface area (Å²) < 4.78 is 5.51. The Morgan fingerprint density at radius 2 is 1.61 bits per heavy atom. The fourth-order valence-corrected chi connectivity index (χ4v) is 4.62. The monoisotopic (exact) mass is 521 g/mol. The molecule has 206 valence electrons. The topological polar surface area (TPSA) is 87.7 Å². The standard InChI is InChI=1S/C31H43N3O4/c1-5-6-13-21-32-28(35)27(24-17-11-8-12-18-24)34(25-19-14-20-25)29(36)26(22-23-15-9-7-10-16-23)33-30(37)38-31(2,3)4/h7-12,15-18,25-27H,5-6,13-14,19-22H2,1-4H3,(H,32,35)(H,33,37). The van der Waals surface area contributed by atoms with Crippen LogP contribution >= 0.6 is 0 Å². The molecule has 2 aromatic carbocycles. The highest BCUT2D eigenvalue weighted by atomic mass is 16.6. The maximum absolute atomic E-state index is 14.4. The van der Waals surface area contributed by atoms with Crippen molar-refractivity contribution in [3.8, 4) is 0 Å². The van der Waals surface area contributed by atoms with Gasteiger partial charge in [-0.05, 0) is 57.6 Å². The molecule has 7 nitrogen and oxygen atoms in total. The molecular weight excluding hydrogens is 478 g/mol. The first-order valence-electron chi connectivity index (χ1n) is 13.9. The van der Waals surface area contributed by atoms with Gasteiger partial charge in [0.25, 0.3) is 0 Å². The molecule has 2 atom stereocenters. The molecule has 0 aliphatic heterocycles. The molecule has 0 saturated heterocycles. The van der Waals surface area contributed by atoms with Gasteiger partial charge in [-0.15, -0.1) is 0 Å². The number of alkyl carbamates (subject to hydrolysis) is 1. The summed E-state index contributed by atoms with van der Waals surface area (Å²) >= 11 is 0. The van der Waals surface area contributed by atoms with Crippen molar-refractivity contribution in [2.45, 2.75) is 96.4 Å². The smallest absolute Gasteiger partial charge is 0.408 e. The van der Waals surface area contributed by atoms with Crippen molar-refractivity contribution in [1.82, 2.24) is 15.5 Å². The second-order valence-electron chi connectivity index (χ2n) is 11.0. The average molecular weight is 522 g/mol. The van der Waals surface area contributed by atoms with Crippen LogP contribution in [-0.4, -0.2) is 47.0 Å². The van der Waals surface area contributed by atoms with Gasteiger partial charge in [0.1, 0.15) is 17.7 Å². The van der Waals surface area contributed by atoms with Gasteiger partial charge in [-0.1, -0.05) is 80.4 Å². The summed E-state index contributed by atoms with van der Waals surface area (Å²) in [6.07, 6.45) is 5.26. The third kappa shape index (κ3) is 8.61. The van der Waals surface area contributed by atoms with Gasteiger partial charge in [0.2, 0.25) is 11.8 Å². The SMILES string of the molecule is CCCCCNC(=O)C(c1ccccc1)N(C(=O)C(Cc1ccccc1)NC(=O)OC(C)(C)C)C1CCC1. The predicted molar refractivity (Wildman–Crippen MR) is 150 cm³/mol. The lowest BCUT2D eigenvalue weighted by molar-refractivity contribution is -0.147. The van der Waals surface area contributed by atoms with Crippen molar-refractivity contribution >= 4 is 17.9 Å². The summed E-state index contributed by atoms with van der Waals surface area (Å²) in [5.41, 5.74) is 0.968. The molecule has 2 N–H and O–H groups in total. The van der Waals surface area contributed by atoms with Gasteiger partial charge < -0.3 is 20.3 Å². The van der Waals surface area contributed by atoms with E-state index in [0.29, 0.717) is 13.0 Å². The summed E-state index contributed by atoms with van der Waals surface area (Å²) in [5.74, 6) is -0.467. The van der Waals surface area contributed by atoms with Crippen LogP contribution in [0.15, 0.2) is 60.7 Å². The van der Waals surface area contributed by atoms with Crippen molar-refractivity contribution in [2.24, 2.45) is 0 Å². The highest BCUT2D eigenvalue weighted by Crippen LogP contribution is 2.34. The minimum absolute atomic E-state index is 0.0761. The molecule has 0 spiro atoms. The fourth-order valence-electron chi connectivity index (χ4n) is 4.62. The number of carbonyl (C=O) groups is 3. The molecule has 3 rings (SSSR count). The summed E-state index contributed by atoms with van der Waals surface area (Å²) in [6, 6.07) is 17.3. The van der Waals surface area contributed by atoms with E-state index in [0.717, 1.165) is 49.7 Å². The summed E-state index contributed by atoms with van der Waals surface area (Å²) in [7, 11) is 0. The van der Waals surface area contributed by atoms with E-state index < -0.39 is 23.8 Å². The lowest BCUT2D eigenvalue weighted by atomic mass is 9.87. The van der Waals surface area contributed by atoms with E-state index in [1.165, 1.54) is 0 Å². The van der Waals surface area contributed by atoms with Gasteiger partial charge in [0, 0.05) is 19.0 Å². The van der Waals surface area contributed by atoms with Gasteiger partial charge in [-0.2, -0.15) is 0 Å². The molecule has 38 heavy (non-hydrogen) atoms. The van der Waals surface area contributed by atoms with Gasteiger partial charge in [0.05, 0.1) is 0 Å². The number of unbranched alkanes of at least 4 members (excludes halogenated alkanes) is 2. The molecule has 2 unspecified atom stereocenters. The number of amides is 3. The number of rotatable bonds is 12. The van der Waals surface area contributed by atoms with Crippen molar-refractivity contribution in [3.05, 3.63) is 71.8 Å². The van der Waals surface area contributed by atoms with E-state index >= 15 is 0 Å². The summed E-state index contributed by atoms with van der Waals surface area (Å²) in [5, 5.41) is 5.90. The molecule has 3 amide bonds. The Balaban J connectivity index is 1.95. The molecule has 0 heterocycles. The Morgan fingerprint density at radius 3 is 2.16 bits per heavy atom. The number of hydrogen-bond donors (Lipinski definition) is 2. The van der Waals surface area contributed by atoms with Crippen LogP contribution in [0.2, 0.25) is 0 Å². The van der Waals surface area contributed by atoms with E-state index in [4.69, 9.17) is 4.74 Å². The zero-order chi connectivity index (χ0) is 27.5. The highest BCUT2D eigenvalue weighted by Gasteiger charge is 2.41. The second kappa shape index (κ2) is 14.0. The molecule has 1 aliphatic carbocycles. The van der Waals surface area contributed by atoms with Crippen LogP contribution in [0.25, 0.3) is 0 Å². The molecular formula is C31H43N3O4. The molecule has 1 saturated carbocycles. The molecule has 0 bridgehead atoms. The van der Waals surface area contributed by atoms with Crippen LogP contribution in [0, 0.1) is 0 Å². The van der Waals surface area contributed by atoms with Gasteiger partial charge in [-0.25, -0.2) is 4.79 Å². The first-order chi connectivity index (χ1) is 18.2. The van der Waals surface area contributed by atoms with Crippen molar-refractivity contribution in [1.29, 1.82) is 0 Å². The second-order valence-corrected chi connectivity index (χ2v) is 11.0. The number of nitrogens with one attached hydrogen (secondary N) is 2. The Labute approximate surface area is 227 Å². The average Bonchev–Trinajstić information content (AvgIpc) is 2.84. The maximum Gasteiger partial charge on any atom is 0.408 e. The van der Waals surface area contributed by atoms with Crippen molar-refractivity contribution < 1.29 is 19.1 Å². The van der Waals surface area contributed by atoms with E-state index in [-0.39, 0.29) is 17.9 Å².